The van der Waals surface area contributed by atoms with Gasteiger partial charge < -0.3 is 9.32 Å². The summed E-state index contributed by atoms with van der Waals surface area (Å²) in [5.41, 5.74) is 12.9. The first-order chi connectivity index (χ1) is 25.5. The van der Waals surface area contributed by atoms with Gasteiger partial charge in [0.25, 0.3) is 0 Å². The molecule has 246 valence electrons. The summed E-state index contributed by atoms with van der Waals surface area (Å²) >= 11 is 1.89. The first-order valence-electron chi connectivity index (χ1n) is 17.9. The second-order valence-electron chi connectivity index (χ2n) is 14.5. The van der Waals surface area contributed by atoms with E-state index in [-0.39, 0.29) is 5.41 Å². The van der Waals surface area contributed by atoms with E-state index in [1.54, 1.807) is 0 Å². The van der Waals surface area contributed by atoms with Crippen LogP contribution in [-0.2, 0) is 5.41 Å². The van der Waals surface area contributed by atoms with Crippen molar-refractivity contribution in [1.82, 2.24) is 0 Å². The van der Waals surface area contributed by atoms with E-state index in [4.69, 9.17) is 4.42 Å². The van der Waals surface area contributed by atoms with Crippen molar-refractivity contribution < 1.29 is 4.42 Å². The average Bonchev–Trinajstić information content (AvgIpc) is 3.83. The molecule has 0 N–H and O–H groups in total. The van der Waals surface area contributed by atoms with Crippen LogP contribution in [0.25, 0.3) is 75.1 Å². The van der Waals surface area contributed by atoms with Crippen molar-refractivity contribution in [3.8, 4) is 22.3 Å². The van der Waals surface area contributed by atoms with E-state index in [1.807, 2.05) is 23.5 Å². The number of thiophene rings is 1. The highest BCUT2D eigenvalue weighted by atomic mass is 32.1. The molecule has 0 fully saturated rings. The molecule has 1 aliphatic rings. The number of fused-ring (bicyclic) bond motifs is 11. The lowest BCUT2D eigenvalue weighted by Crippen LogP contribution is -2.16. The molecule has 0 unspecified atom stereocenters. The zero-order valence-corrected chi connectivity index (χ0v) is 29.7. The van der Waals surface area contributed by atoms with Crippen molar-refractivity contribution in [2.75, 3.05) is 4.90 Å². The molecule has 3 heteroatoms. The van der Waals surface area contributed by atoms with E-state index < -0.39 is 0 Å². The first-order valence-corrected chi connectivity index (χ1v) is 18.7. The minimum absolute atomic E-state index is 0.101. The normalized spacial score (nSPS) is 13.3. The third-order valence-corrected chi connectivity index (χ3v) is 12.5. The molecule has 0 amide bonds. The Morgan fingerprint density at radius 2 is 1.15 bits per heavy atom. The quantitative estimate of drug-likeness (QED) is 0.184. The largest absolute Gasteiger partial charge is 0.456 e. The molecule has 2 heterocycles. The van der Waals surface area contributed by atoms with E-state index in [9.17, 15) is 0 Å². The Balaban J connectivity index is 1.08. The second kappa shape index (κ2) is 10.9. The molecule has 0 bridgehead atoms. The van der Waals surface area contributed by atoms with Crippen molar-refractivity contribution in [2.24, 2.45) is 0 Å². The van der Waals surface area contributed by atoms with E-state index in [0.717, 1.165) is 39.0 Å². The van der Waals surface area contributed by atoms with E-state index in [2.05, 4.69) is 170 Å². The highest BCUT2D eigenvalue weighted by molar-refractivity contribution is 7.26. The zero-order chi connectivity index (χ0) is 34.6. The molecule has 11 rings (SSSR count). The average molecular weight is 684 g/mol. The van der Waals surface area contributed by atoms with Gasteiger partial charge in [-0.05, 0) is 98.8 Å². The van der Waals surface area contributed by atoms with Gasteiger partial charge in [-0.3, -0.25) is 0 Å². The van der Waals surface area contributed by atoms with Crippen LogP contribution in [0, 0.1) is 0 Å². The predicted octanol–water partition coefficient (Wildman–Crippen LogP) is 14.6. The number of nitrogens with zero attached hydrogens (tertiary/aromatic N) is 1. The van der Waals surface area contributed by atoms with Gasteiger partial charge in [-0.25, -0.2) is 0 Å². The summed E-state index contributed by atoms with van der Waals surface area (Å²) in [4.78, 5) is 2.40. The van der Waals surface area contributed by atoms with E-state index >= 15 is 0 Å². The lowest BCUT2D eigenvalue weighted by atomic mass is 9.82. The zero-order valence-electron chi connectivity index (χ0n) is 28.9. The molecule has 0 saturated heterocycles. The van der Waals surface area contributed by atoms with Crippen LogP contribution >= 0.6 is 11.3 Å². The monoisotopic (exact) mass is 683 g/mol. The fourth-order valence-corrected chi connectivity index (χ4v) is 9.97. The van der Waals surface area contributed by atoms with Crippen molar-refractivity contribution in [3.05, 3.63) is 175 Å². The Bertz CT molecular complexity index is 3050. The molecule has 52 heavy (non-hydrogen) atoms. The van der Waals surface area contributed by atoms with Crippen LogP contribution in [-0.4, -0.2) is 0 Å². The number of anilines is 3. The van der Waals surface area contributed by atoms with Crippen LogP contribution in [0.1, 0.15) is 25.0 Å². The Kier molecular flexibility index (Phi) is 6.21. The number of hydrogen-bond acceptors (Lipinski definition) is 3. The van der Waals surface area contributed by atoms with Gasteiger partial charge in [0.05, 0.1) is 0 Å². The Morgan fingerprint density at radius 1 is 0.481 bits per heavy atom. The molecular formula is C49H33NOS. The van der Waals surface area contributed by atoms with Crippen LogP contribution in [0.2, 0.25) is 0 Å². The second-order valence-corrected chi connectivity index (χ2v) is 15.6. The Morgan fingerprint density at radius 3 is 2.06 bits per heavy atom. The van der Waals surface area contributed by atoms with Gasteiger partial charge in [-0.15, -0.1) is 11.3 Å². The first kappa shape index (κ1) is 29.6. The molecule has 2 nitrogen and oxygen atoms in total. The smallest absolute Gasteiger partial charge is 0.135 e. The molecular weight excluding hydrogens is 651 g/mol. The van der Waals surface area contributed by atoms with Gasteiger partial charge in [-0.1, -0.05) is 123 Å². The molecule has 2 aromatic heterocycles. The van der Waals surface area contributed by atoms with Gasteiger partial charge >= 0.3 is 0 Å². The van der Waals surface area contributed by atoms with Crippen molar-refractivity contribution >= 4 is 81.3 Å². The number of hydrogen-bond donors (Lipinski definition) is 0. The summed E-state index contributed by atoms with van der Waals surface area (Å²) in [6, 6.07) is 59.9. The highest BCUT2D eigenvalue weighted by Crippen LogP contribution is 2.51. The van der Waals surface area contributed by atoms with Gasteiger partial charge in [-0.2, -0.15) is 0 Å². The summed E-state index contributed by atoms with van der Waals surface area (Å²) in [6.45, 7) is 4.70. The van der Waals surface area contributed by atoms with Crippen molar-refractivity contribution in [2.45, 2.75) is 19.3 Å². The highest BCUT2D eigenvalue weighted by Gasteiger charge is 2.35. The van der Waals surface area contributed by atoms with Crippen molar-refractivity contribution in [3.63, 3.8) is 0 Å². The van der Waals surface area contributed by atoms with Crippen LogP contribution in [0.5, 0.6) is 0 Å². The van der Waals surface area contributed by atoms with Crippen LogP contribution < -0.4 is 4.90 Å². The fraction of sp³-hybridized carbons (Fsp3) is 0.0612. The standard InChI is InChI=1S/C49H33NOS/c1-49(2)42-16-7-5-12-37(42)38-25-23-34(29-43(38)49)50(33-24-26-45-41(28-33)39-13-6-8-17-44(39)51-45)32-21-18-31(19-22-32)36-14-9-15-40-47-35-11-4-3-10-30(35)20-27-46(47)52-48(36)40/h3-29H,1-2H3. The maximum absolute atomic E-state index is 6.25. The molecule has 0 saturated carbocycles. The number of para-hydroxylation sites is 1. The van der Waals surface area contributed by atoms with E-state index in [1.165, 1.54) is 64.3 Å². The van der Waals surface area contributed by atoms with Crippen LogP contribution in [0.4, 0.5) is 17.1 Å². The predicted molar refractivity (Wildman–Crippen MR) is 222 cm³/mol. The van der Waals surface area contributed by atoms with Crippen LogP contribution in [0.15, 0.2) is 168 Å². The summed E-state index contributed by atoms with van der Waals surface area (Å²) in [5.74, 6) is 0. The number of benzene rings is 8. The minimum atomic E-state index is -0.101. The molecule has 0 atom stereocenters. The lowest BCUT2D eigenvalue weighted by Gasteiger charge is -2.28. The summed E-state index contributed by atoms with van der Waals surface area (Å²) < 4.78 is 8.91. The maximum Gasteiger partial charge on any atom is 0.135 e. The number of rotatable bonds is 4. The minimum Gasteiger partial charge on any atom is -0.456 e. The molecule has 10 aromatic rings. The Labute approximate surface area is 305 Å². The summed E-state index contributed by atoms with van der Waals surface area (Å²) in [6.07, 6.45) is 0. The molecule has 0 spiro atoms. The molecule has 0 aliphatic heterocycles. The van der Waals surface area contributed by atoms with Gasteiger partial charge in [0.15, 0.2) is 0 Å². The topological polar surface area (TPSA) is 16.4 Å². The lowest BCUT2D eigenvalue weighted by molar-refractivity contribution is 0.660. The summed E-state index contributed by atoms with van der Waals surface area (Å²) in [5, 5.41) is 7.52. The molecule has 8 aromatic carbocycles. The SMILES string of the molecule is CC1(C)c2ccccc2-c2ccc(N(c3ccc(-c4cccc5c4sc4ccc6ccccc6c45)cc3)c3ccc4oc5ccccc5c4c3)cc21. The van der Waals surface area contributed by atoms with Gasteiger partial charge in [0, 0.05) is 53.4 Å². The van der Waals surface area contributed by atoms with Gasteiger partial charge in [0.2, 0.25) is 0 Å². The van der Waals surface area contributed by atoms with Crippen LogP contribution in [0.3, 0.4) is 0 Å². The third kappa shape index (κ3) is 4.23. The maximum atomic E-state index is 6.25. The molecule has 0 radical (unpaired) electrons. The Hall–Kier alpha value is -6.16. The van der Waals surface area contributed by atoms with Gasteiger partial charge in [0.1, 0.15) is 11.2 Å². The third-order valence-electron chi connectivity index (χ3n) is 11.3. The van der Waals surface area contributed by atoms with E-state index in [0.29, 0.717) is 0 Å². The van der Waals surface area contributed by atoms with Crippen molar-refractivity contribution in [1.29, 1.82) is 0 Å². The summed E-state index contributed by atoms with van der Waals surface area (Å²) in [7, 11) is 0. The fourth-order valence-electron chi connectivity index (χ4n) is 8.72. The number of furan rings is 1. The molecule has 1 aliphatic carbocycles.